The smallest absolute Gasteiger partial charge is 0.339 e. The molecule has 0 aromatic heterocycles. The molecule has 204 valence electrons. The summed E-state index contributed by atoms with van der Waals surface area (Å²) in [6.45, 7) is 7.73. The van der Waals surface area contributed by atoms with E-state index in [4.69, 9.17) is 4.74 Å². The lowest BCUT2D eigenvalue weighted by molar-refractivity contribution is 0.0687. The molecule has 8 heteroatoms. The zero-order valence-corrected chi connectivity index (χ0v) is 22.5. The zero-order chi connectivity index (χ0) is 29.2. The van der Waals surface area contributed by atoms with E-state index in [9.17, 15) is 29.8 Å². The van der Waals surface area contributed by atoms with Gasteiger partial charge in [0.1, 0.15) is 34.1 Å². The molecule has 0 aliphatic rings. The van der Waals surface area contributed by atoms with Gasteiger partial charge in [-0.3, -0.25) is 0 Å². The Morgan fingerprint density at radius 1 is 0.625 bits per heavy atom. The first-order valence-electron chi connectivity index (χ1n) is 12.5. The number of hydrogen-bond donors (Lipinski definition) is 3. The quantitative estimate of drug-likeness (QED) is 0.186. The summed E-state index contributed by atoms with van der Waals surface area (Å²) in [7, 11) is 0. The van der Waals surface area contributed by atoms with Crippen molar-refractivity contribution in [2.24, 2.45) is 5.18 Å². The minimum atomic E-state index is -1.23. The molecule has 0 spiro atoms. The number of carboxylic acids is 2. The third kappa shape index (κ3) is 5.42. The third-order valence-corrected chi connectivity index (χ3v) is 7.37. The highest BCUT2D eigenvalue weighted by Gasteiger charge is 2.28. The van der Waals surface area contributed by atoms with Crippen LogP contribution >= 0.6 is 0 Å². The van der Waals surface area contributed by atoms with Crippen LogP contribution in [-0.4, -0.2) is 27.3 Å². The highest BCUT2D eigenvalue weighted by molar-refractivity contribution is 5.93. The van der Waals surface area contributed by atoms with Crippen molar-refractivity contribution in [1.29, 1.82) is 0 Å². The predicted molar refractivity (Wildman–Crippen MR) is 151 cm³/mol. The average Bonchev–Trinajstić information content (AvgIpc) is 2.93. The Hall–Kier alpha value is -4.98. The molecule has 0 saturated carbocycles. The molecule has 0 atom stereocenters. The van der Waals surface area contributed by atoms with Crippen LogP contribution in [-0.2, 0) is 10.8 Å². The van der Waals surface area contributed by atoms with Gasteiger partial charge in [0.05, 0.1) is 0 Å². The number of rotatable bonds is 9. The number of phenolic OH excluding ortho intramolecular Hbond substituents is 1. The maximum atomic E-state index is 12.2. The fourth-order valence-electron chi connectivity index (χ4n) is 4.62. The van der Waals surface area contributed by atoms with Gasteiger partial charge in [0.15, 0.2) is 0 Å². The summed E-state index contributed by atoms with van der Waals surface area (Å²) < 4.78 is 5.91. The molecule has 4 aromatic carbocycles. The second-order valence-electron chi connectivity index (χ2n) is 10.6. The van der Waals surface area contributed by atoms with Gasteiger partial charge in [-0.15, -0.1) is 4.91 Å². The van der Waals surface area contributed by atoms with Crippen molar-refractivity contribution in [2.45, 2.75) is 38.5 Å². The topological polar surface area (TPSA) is 133 Å². The number of aromatic carboxylic acids is 2. The van der Waals surface area contributed by atoms with Crippen LogP contribution in [0.5, 0.6) is 17.2 Å². The molecule has 0 unspecified atom stereocenters. The summed E-state index contributed by atoms with van der Waals surface area (Å²) in [6.07, 6.45) is 0. The summed E-state index contributed by atoms with van der Waals surface area (Å²) in [6, 6.07) is 22.9. The first kappa shape index (κ1) is 28.0. The predicted octanol–water partition coefficient (Wildman–Crippen LogP) is 7.63. The zero-order valence-electron chi connectivity index (χ0n) is 22.5. The van der Waals surface area contributed by atoms with Crippen molar-refractivity contribution >= 4 is 17.6 Å². The molecule has 0 aliphatic heterocycles. The molecular weight excluding hydrogens is 510 g/mol. The van der Waals surface area contributed by atoms with Crippen molar-refractivity contribution in [1.82, 2.24) is 0 Å². The van der Waals surface area contributed by atoms with Crippen LogP contribution in [0.3, 0.4) is 0 Å². The highest BCUT2D eigenvalue weighted by atomic mass is 16.5. The van der Waals surface area contributed by atoms with Gasteiger partial charge < -0.3 is 20.1 Å². The monoisotopic (exact) mass is 539 g/mol. The maximum absolute atomic E-state index is 12.2. The number of hydrogen-bond acceptors (Lipinski definition) is 6. The van der Waals surface area contributed by atoms with E-state index in [2.05, 4.69) is 5.18 Å². The molecule has 0 fully saturated rings. The fraction of sp³-hybridized carbons (Fsp3) is 0.188. The van der Waals surface area contributed by atoms with Crippen LogP contribution in [0.15, 0.2) is 90.1 Å². The molecule has 0 amide bonds. The normalized spacial score (nSPS) is 11.6. The number of carboxylic acid groups (broad SMARTS) is 2. The summed E-state index contributed by atoms with van der Waals surface area (Å²) in [5.41, 5.74) is 1.97. The van der Waals surface area contributed by atoms with E-state index < -0.39 is 22.8 Å². The lowest BCUT2D eigenvalue weighted by Gasteiger charge is -2.27. The SMILES string of the molecule is CC(C)(c1ccc(O)cc1)c1ccc(Oc2ccc(C(C)(C)c3ccc(N=O)cc3)cc2C(=O)O)c(C(=O)O)c1. The van der Waals surface area contributed by atoms with Gasteiger partial charge in [0.25, 0.3) is 0 Å². The van der Waals surface area contributed by atoms with Crippen LogP contribution in [0.25, 0.3) is 0 Å². The van der Waals surface area contributed by atoms with Gasteiger partial charge in [-0.05, 0) is 76.0 Å². The van der Waals surface area contributed by atoms with Crippen LogP contribution in [0.1, 0.15) is 70.7 Å². The van der Waals surface area contributed by atoms with Gasteiger partial charge >= 0.3 is 11.9 Å². The van der Waals surface area contributed by atoms with E-state index in [1.807, 2.05) is 27.7 Å². The summed E-state index contributed by atoms with van der Waals surface area (Å²) >= 11 is 0. The van der Waals surface area contributed by atoms with Gasteiger partial charge in [0.2, 0.25) is 0 Å². The third-order valence-electron chi connectivity index (χ3n) is 7.37. The molecule has 0 heterocycles. The molecule has 4 aromatic rings. The fourth-order valence-corrected chi connectivity index (χ4v) is 4.62. The second kappa shape index (κ2) is 10.6. The lowest BCUT2D eigenvalue weighted by Crippen LogP contribution is -2.20. The van der Waals surface area contributed by atoms with Crippen LogP contribution < -0.4 is 4.74 Å². The Balaban J connectivity index is 1.71. The molecule has 0 bridgehead atoms. The Morgan fingerprint density at radius 3 is 1.38 bits per heavy atom. The molecule has 4 rings (SSSR count). The van der Waals surface area contributed by atoms with Gasteiger partial charge in [-0.1, -0.05) is 64.1 Å². The van der Waals surface area contributed by atoms with Crippen LogP contribution in [0, 0.1) is 4.91 Å². The summed E-state index contributed by atoms with van der Waals surface area (Å²) in [5.74, 6) is -2.31. The number of phenols is 1. The maximum Gasteiger partial charge on any atom is 0.339 e. The van der Waals surface area contributed by atoms with Gasteiger partial charge in [-0.25, -0.2) is 9.59 Å². The highest BCUT2D eigenvalue weighted by Crippen LogP contribution is 2.39. The Bertz CT molecular complexity index is 1590. The molecule has 3 N–H and O–H groups in total. The number of nitrogens with zero attached hydrogens (tertiary/aromatic N) is 1. The van der Waals surface area contributed by atoms with Crippen molar-refractivity contribution in [3.63, 3.8) is 0 Å². The van der Waals surface area contributed by atoms with E-state index in [-0.39, 0.29) is 28.4 Å². The van der Waals surface area contributed by atoms with Crippen LogP contribution in [0.4, 0.5) is 5.69 Å². The van der Waals surface area contributed by atoms with E-state index in [0.717, 1.165) is 11.1 Å². The first-order valence-corrected chi connectivity index (χ1v) is 12.5. The number of ether oxygens (including phenoxy) is 1. The molecule has 0 aliphatic carbocycles. The molecule has 0 saturated heterocycles. The summed E-state index contributed by atoms with van der Waals surface area (Å²) in [5, 5.41) is 32.5. The van der Waals surface area contributed by atoms with E-state index >= 15 is 0 Å². The van der Waals surface area contributed by atoms with Crippen molar-refractivity contribution < 1.29 is 29.6 Å². The lowest BCUT2D eigenvalue weighted by atomic mass is 9.77. The first-order chi connectivity index (χ1) is 18.8. The van der Waals surface area contributed by atoms with Crippen LogP contribution in [0.2, 0.25) is 0 Å². The van der Waals surface area contributed by atoms with Gasteiger partial charge in [0, 0.05) is 10.8 Å². The Labute approximate surface area is 231 Å². The van der Waals surface area contributed by atoms with Crippen molar-refractivity contribution in [2.75, 3.05) is 0 Å². The largest absolute Gasteiger partial charge is 0.508 e. The Morgan fingerprint density at radius 2 is 1.00 bits per heavy atom. The molecule has 0 radical (unpaired) electrons. The van der Waals surface area contributed by atoms with E-state index in [1.165, 1.54) is 24.3 Å². The standard InChI is InChI=1S/C32H29NO7/c1-31(2,19-5-11-23(33-39)12-6-19)21-9-15-27(25(17-21)29(35)36)40-28-16-10-22(18-26(28)30(37)38)32(3,4)20-7-13-24(34)14-8-20/h5-18,34H,1-4H3,(H,35,36)(H,37,38). The molecular formula is C32H29NO7. The second-order valence-corrected chi connectivity index (χ2v) is 10.6. The molecule has 8 nitrogen and oxygen atoms in total. The number of benzene rings is 4. The van der Waals surface area contributed by atoms with Crippen molar-refractivity contribution in [3.05, 3.63) is 123 Å². The van der Waals surface area contributed by atoms with E-state index in [1.54, 1.807) is 60.7 Å². The van der Waals surface area contributed by atoms with Gasteiger partial charge in [-0.2, -0.15) is 0 Å². The number of carbonyl (C=O) groups is 2. The minimum Gasteiger partial charge on any atom is -0.508 e. The summed E-state index contributed by atoms with van der Waals surface area (Å²) in [4.78, 5) is 35.2. The molecule has 40 heavy (non-hydrogen) atoms. The number of nitroso groups, excluding NO2 is 1. The van der Waals surface area contributed by atoms with Crippen molar-refractivity contribution in [3.8, 4) is 17.2 Å². The average molecular weight is 540 g/mol. The number of aromatic hydroxyl groups is 1. The minimum absolute atomic E-state index is 0.000553. The Kier molecular flexibility index (Phi) is 7.46. The van der Waals surface area contributed by atoms with E-state index in [0.29, 0.717) is 16.8 Å².